The molecule has 0 saturated carbocycles. The van der Waals surface area contributed by atoms with Crippen LogP contribution in [0.2, 0.25) is 0 Å². The molecule has 0 aliphatic carbocycles. The van der Waals surface area contributed by atoms with E-state index in [1.807, 2.05) is 0 Å². The van der Waals surface area contributed by atoms with E-state index in [4.69, 9.17) is 5.11 Å². The number of hydrogen-bond donors (Lipinski definition) is 2. The summed E-state index contributed by atoms with van der Waals surface area (Å²) in [5.41, 5.74) is 0. The van der Waals surface area contributed by atoms with Gasteiger partial charge in [0, 0.05) is 12.6 Å². The second-order valence-corrected chi connectivity index (χ2v) is 5.28. The molecule has 1 saturated heterocycles. The van der Waals surface area contributed by atoms with E-state index in [1.54, 1.807) is 13.8 Å². The Balaban J connectivity index is 2.68. The average molecular weight is 286 g/mol. The molecule has 1 aliphatic rings. The molecule has 7 heteroatoms. The first-order chi connectivity index (χ1) is 9.36. The third-order valence-electron chi connectivity index (χ3n) is 3.45. The summed E-state index contributed by atoms with van der Waals surface area (Å²) in [6.07, 6.45) is 1.37. The van der Waals surface area contributed by atoms with Gasteiger partial charge in [-0.3, -0.25) is 4.79 Å². The Morgan fingerprint density at radius 1 is 1.40 bits per heavy atom. The molecule has 20 heavy (non-hydrogen) atoms. The minimum atomic E-state index is -0.928. The Kier molecular flexibility index (Phi) is 5.79. The van der Waals surface area contributed by atoms with Crippen molar-refractivity contribution in [1.29, 1.82) is 0 Å². The van der Waals surface area contributed by atoms with Crippen LogP contribution in [-0.4, -0.2) is 53.7 Å². The summed E-state index contributed by atoms with van der Waals surface area (Å²) in [5.74, 6) is -1.53. The Bertz CT molecular complexity index is 383. The fraction of sp³-hybridized carbons (Fsp3) is 0.769. The van der Waals surface area contributed by atoms with Crippen molar-refractivity contribution in [3.63, 3.8) is 0 Å². The SMILES string of the molecule is COC(=O)C(NC(=O)N1CCCC1CC(=O)O)C(C)C. The van der Waals surface area contributed by atoms with Gasteiger partial charge in [-0.1, -0.05) is 13.8 Å². The molecule has 114 valence electrons. The standard InChI is InChI=1S/C13H22N2O5/c1-8(2)11(12(18)20-3)14-13(19)15-6-4-5-9(15)7-10(16)17/h8-9,11H,4-7H2,1-3H3,(H,14,19)(H,16,17). The maximum absolute atomic E-state index is 12.2. The number of likely N-dealkylation sites (tertiary alicyclic amines) is 1. The maximum atomic E-state index is 12.2. The number of ether oxygens (including phenoxy) is 1. The van der Waals surface area contributed by atoms with Gasteiger partial charge >= 0.3 is 18.0 Å². The van der Waals surface area contributed by atoms with Gasteiger partial charge in [-0.25, -0.2) is 9.59 Å². The van der Waals surface area contributed by atoms with E-state index in [-0.39, 0.29) is 18.4 Å². The lowest BCUT2D eigenvalue weighted by Crippen LogP contribution is -2.52. The zero-order chi connectivity index (χ0) is 15.3. The Labute approximate surface area is 118 Å². The summed E-state index contributed by atoms with van der Waals surface area (Å²) in [6, 6.07) is -1.44. The van der Waals surface area contributed by atoms with Gasteiger partial charge in [-0.2, -0.15) is 0 Å². The smallest absolute Gasteiger partial charge is 0.328 e. The van der Waals surface area contributed by atoms with E-state index in [2.05, 4.69) is 10.1 Å². The number of rotatable bonds is 5. The summed E-state index contributed by atoms with van der Waals surface area (Å²) in [5, 5.41) is 11.5. The minimum Gasteiger partial charge on any atom is -0.481 e. The molecule has 0 aromatic heterocycles. The number of esters is 1. The number of nitrogens with one attached hydrogen (secondary N) is 1. The summed E-state index contributed by atoms with van der Waals surface area (Å²) < 4.78 is 4.66. The lowest BCUT2D eigenvalue weighted by Gasteiger charge is -2.27. The highest BCUT2D eigenvalue weighted by Gasteiger charge is 2.33. The van der Waals surface area contributed by atoms with Gasteiger partial charge in [0.15, 0.2) is 0 Å². The number of nitrogens with zero attached hydrogens (tertiary/aromatic N) is 1. The van der Waals surface area contributed by atoms with Crippen LogP contribution in [0.5, 0.6) is 0 Å². The molecule has 2 unspecified atom stereocenters. The molecular formula is C13H22N2O5. The summed E-state index contributed by atoms with van der Waals surface area (Å²) >= 11 is 0. The topological polar surface area (TPSA) is 95.9 Å². The highest BCUT2D eigenvalue weighted by Crippen LogP contribution is 2.20. The predicted molar refractivity (Wildman–Crippen MR) is 71.2 cm³/mol. The van der Waals surface area contributed by atoms with E-state index in [9.17, 15) is 14.4 Å². The number of carboxylic acid groups (broad SMARTS) is 1. The fourth-order valence-corrected chi connectivity index (χ4v) is 2.36. The van der Waals surface area contributed by atoms with Crippen LogP contribution in [0.15, 0.2) is 0 Å². The van der Waals surface area contributed by atoms with Crippen LogP contribution in [0, 0.1) is 5.92 Å². The van der Waals surface area contributed by atoms with Gasteiger partial charge in [0.2, 0.25) is 0 Å². The number of amides is 2. The molecule has 0 aromatic carbocycles. The predicted octanol–water partition coefficient (Wildman–Crippen LogP) is 0.833. The van der Waals surface area contributed by atoms with Crippen molar-refractivity contribution in [1.82, 2.24) is 10.2 Å². The second kappa shape index (κ2) is 7.12. The Hall–Kier alpha value is -1.79. The number of hydrogen-bond acceptors (Lipinski definition) is 4. The maximum Gasteiger partial charge on any atom is 0.328 e. The van der Waals surface area contributed by atoms with Crippen LogP contribution in [-0.2, 0) is 14.3 Å². The second-order valence-electron chi connectivity index (χ2n) is 5.28. The number of carbonyl (C=O) groups excluding carboxylic acids is 2. The quantitative estimate of drug-likeness (QED) is 0.730. The van der Waals surface area contributed by atoms with Crippen LogP contribution in [0.25, 0.3) is 0 Å². The number of aliphatic carboxylic acids is 1. The van der Waals surface area contributed by atoms with Crippen LogP contribution in [0.1, 0.15) is 33.1 Å². The lowest BCUT2D eigenvalue weighted by molar-refractivity contribution is -0.144. The molecule has 2 atom stereocenters. The van der Waals surface area contributed by atoms with Crippen molar-refractivity contribution in [2.24, 2.45) is 5.92 Å². The van der Waals surface area contributed by atoms with Crippen molar-refractivity contribution in [3.05, 3.63) is 0 Å². The van der Waals surface area contributed by atoms with Crippen LogP contribution in [0.3, 0.4) is 0 Å². The molecule has 1 rings (SSSR count). The first-order valence-electron chi connectivity index (χ1n) is 6.73. The van der Waals surface area contributed by atoms with Crippen molar-refractivity contribution >= 4 is 18.0 Å². The molecular weight excluding hydrogens is 264 g/mol. The van der Waals surface area contributed by atoms with E-state index in [0.717, 1.165) is 6.42 Å². The van der Waals surface area contributed by atoms with Crippen molar-refractivity contribution in [2.45, 2.75) is 45.2 Å². The summed E-state index contributed by atoms with van der Waals surface area (Å²) in [7, 11) is 1.27. The first kappa shape index (κ1) is 16.3. The number of urea groups is 1. The van der Waals surface area contributed by atoms with E-state index >= 15 is 0 Å². The normalized spacial score (nSPS) is 19.8. The number of carboxylic acids is 1. The third-order valence-corrected chi connectivity index (χ3v) is 3.45. The molecule has 2 N–H and O–H groups in total. The van der Waals surface area contributed by atoms with Gasteiger partial charge in [0.05, 0.1) is 13.5 Å². The van der Waals surface area contributed by atoms with Crippen LogP contribution >= 0.6 is 0 Å². The molecule has 0 spiro atoms. The van der Waals surface area contributed by atoms with Crippen molar-refractivity contribution < 1.29 is 24.2 Å². The largest absolute Gasteiger partial charge is 0.481 e. The monoisotopic (exact) mass is 286 g/mol. The zero-order valence-electron chi connectivity index (χ0n) is 12.1. The van der Waals surface area contributed by atoms with E-state index in [0.29, 0.717) is 13.0 Å². The molecule has 7 nitrogen and oxygen atoms in total. The zero-order valence-corrected chi connectivity index (χ0v) is 12.1. The highest BCUT2D eigenvalue weighted by molar-refractivity contribution is 5.84. The van der Waals surface area contributed by atoms with Gasteiger partial charge in [0.25, 0.3) is 0 Å². The number of methoxy groups -OCH3 is 1. The van der Waals surface area contributed by atoms with Gasteiger partial charge in [0.1, 0.15) is 6.04 Å². The number of carbonyl (C=O) groups is 3. The molecule has 1 aliphatic heterocycles. The van der Waals surface area contributed by atoms with Crippen LogP contribution in [0.4, 0.5) is 4.79 Å². The fourth-order valence-electron chi connectivity index (χ4n) is 2.36. The lowest BCUT2D eigenvalue weighted by atomic mass is 10.1. The Morgan fingerprint density at radius 3 is 2.55 bits per heavy atom. The van der Waals surface area contributed by atoms with Crippen molar-refractivity contribution in [2.75, 3.05) is 13.7 Å². The average Bonchev–Trinajstić information content (AvgIpc) is 2.81. The summed E-state index contributed by atoms with van der Waals surface area (Å²) in [6.45, 7) is 4.12. The highest BCUT2D eigenvalue weighted by atomic mass is 16.5. The van der Waals surface area contributed by atoms with E-state index < -0.39 is 24.0 Å². The molecule has 0 aromatic rings. The van der Waals surface area contributed by atoms with Gasteiger partial charge in [-0.15, -0.1) is 0 Å². The molecule has 0 radical (unpaired) electrons. The Morgan fingerprint density at radius 2 is 2.05 bits per heavy atom. The molecule has 0 bridgehead atoms. The molecule has 1 heterocycles. The molecule has 2 amide bonds. The third kappa shape index (κ3) is 4.11. The van der Waals surface area contributed by atoms with Gasteiger partial charge < -0.3 is 20.1 Å². The minimum absolute atomic E-state index is 0.0714. The molecule has 1 fully saturated rings. The van der Waals surface area contributed by atoms with Gasteiger partial charge in [-0.05, 0) is 18.8 Å². The van der Waals surface area contributed by atoms with Crippen LogP contribution < -0.4 is 5.32 Å². The summed E-state index contributed by atoms with van der Waals surface area (Å²) in [4.78, 5) is 36.1. The first-order valence-corrected chi connectivity index (χ1v) is 6.73. The van der Waals surface area contributed by atoms with E-state index in [1.165, 1.54) is 12.0 Å². The van der Waals surface area contributed by atoms with Crippen molar-refractivity contribution in [3.8, 4) is 0 Å².